The van der Waals surface area contributed by atoms with Crippen molar-refractivity contribution in [2.24, 2.45) is 0 Å². The lowest BCUT2D eigenvalue weighted by Crippen LogP contribution is -2.51. The quantitative estimate of drug-likeness (QED) is 0.608. The van der Waals surface area contributed by atoms with Crippen LogP contribution in [0.5, 0.6) is 0 Å². The Labute approximate surface area is 179 Å². The van der Waals surface area contributed by atoms with Crippen LogP contribution >= 0.6 is 11.3 Å². The number of sulfone groups is 1. The number of rotatable bonds is 6. The molecule has 0 bridgehead atoms. The van der Waals surface area contributed by atoms with Gasteiger partial charge in [-0.15, -0.1) is 11.3 Å². The summed E-state index contributed by atoms with van der Waals surface area (Å²) in [6.45, 7) is 0. The van der Waals surface area contributed by atoms with Gasteiger partial charge in [-0.05, 0) is 29.5 Å². The van der Waals surface area contributed by atoms with E-state index in [0.717, 1.165) is 16.5 Å². The molecular weight excluding hydrogens is 422 g/mol. The van der Waals surface area contributed by atoms with Crippen LogP contribution in [-0.2, 0) is 21.1 Å². The predicted octanol–water partition coefficient (Wildman–Crippen LogP) is 2.22. The lowest BCUT2D eigenvalue weighted by molar-refractivity contribution is -0.133. The Balaban J connectivity index is 1.59. The molecule has 1 fully saturated rings. The van der Waals surface area contributed by atoms with Gasteiger partial charge < -0.3 is 15.2 Å². The summed E-state index contributed by atoms with van der Waals surface area (Å²) in [5, 5.41) is 5.66. The summed E-state index contributed by atoms with van der Waals surface area (Å²) < 4.78 is 23.7. The Hall–Kier alpha value is -2.65. The molecule has 1 aromatic carbocycles. The first-order valence-electron chi connectivity index (χ1n) is 9.70. The molecule has 0 saturated carbocycles. The number of benzene rings is 1. The molecule has 3 aromatic rings. The highest BCUT2D eigenvalue weighted by Crippen LogP contribution is 2.22. The number of para-hydroxylation sites is 1. The minimum atomic E-state index is -3.12. The van der Waals surface area contributed by atoms with Crippen LogP contribution in [0.3, 0.4) is 0 Å². The number of amides is 2. The van der Waals surface area contributed by atoms with Crippen molar-refractivity contribution in [3.8, 4) is 0 Å². The van der Waals surface area contributed by atoms with Crippen molar-refractivity contribution in [3.63, 3.8) is 0 Å². The van der Waals surface area contributed by atoms with E-state index < -0.39 is 15.9 Å². The highest BCUT2D eigenvalue weighted by molar-refractivity contribution is 7.91. The molecule has 2 aromatic heterocycles. The molecule has 0 spiro atoms. The largest absolute Gasteiger partial charge is 0.361 e. The van der Waals surface area contributed by atoms with Gasteiger partial charge in [-0.1, -0.05) is 24.3 Å². The maximum atomic E-state index is 13.3. The summed E-state index contributed by atoms with van der Waals surface area (Å²) in [7, 11) is -1.50. The van der Waals surface area contributed by atoms with E-state index in [1.807, 2.05) is 30.5 Å². The number of fused-ring (bicyclic) bond motifs is 1. The number of aromatic nitrogens is 1. The fourth-order valence-electron chi connectivity index (χ4n) is 3.86. The summed E-state index contributed by atoms with van der Waals surface area (Å²) in [4.78, 5) is 31.2. The van der Waals surface area contributed by atoms with Crippen LogP contribution in [0.1, 0.15) is 21.7 Å². The molecule has 2 atom stereocenters. The number of carbonyl (C=O) groups is 2. The van der Waals surface area contributed by atoms with Gasteiger partial charge in [-0.25, -0.2) is 8.42 Å². The average Bonchev–Trinajstić information content (AvgIpc) is 3.46. The van der Waals surface area contributed by atoms with E-state index >= 15 is 0 Å². The van der Waals surface area contributed by atoms with E-state index in [2.05, 4.69) is 10.3 Å². The van der Waals surface area contributed by atoms with E-state index in [4.69, 9.17) is 0 Å². The minimum Gasteiger partial charge on any atom is -0.361 e. The van der Waals surface area contributed by atoms with Crippen LogP contribution in [0.4, 0.5) is 0 Å². The zero-order chi connectivity index (χ0) is 21.3. The molecule has 2 amide bonds. The molecule has 3 heterocycles. The summed E-state index contributed by atoms with van der Waals surface area (Å²) in [5.41, 5.74) is 1.88. The highest BCUT2D eigenvalue weighted by Gasteiger charge is 2.35. The molecule has 7 nitrogen and oxygen atoms in total. The Kier molecular flexibility index (Phi) is 5.66. The second-order valence-electron chi connectivity index (χ2n) is 7.57. The van der Waals surface area contributed by atoms with Gasteiger partial charge in [-0.3, -0.25) is 9.59 Å². The first kappa shape index (κ1) is 20.6. The minimum absolute atomic E-state index is 0.0338. The van der Waals surface area contributed by atoms with Gasteiger partial charge in [-0.2, -0.15) is 0 Å². The molecule has 1 aliphatic rings. The Morgan fingerprint density at radius 2 is 2.07 bits per heavy atom. The molecule has 0 aliphatic carbocycles. The van der Waals surface area contributed by atoms with Crippen molar-refractivity contribution in [2.75, 3.05) is 18.6 Å². The number of aromatic amines is 1. The van der Waals surface area contributed by atoms with E-state index in [-0.39, 0.29) is 29.4 Å². The Morgan fingerprint density at radius 1 is 1.27 bits per heavy atom. The predicted molar refractivity (Wildman–Crippen MR) is 117 cm³/mol. The van der Waals surface area contributed by atoms with Crippen LogP contribution in [-0.4, -0.2) is 60.8 Å². The molecule has 0 radical (unpaired) electrons. The third-order valence-electron chi connectivity index (χ3n) is 5.55. The first-order valence-corrected chi connectivity index (χ1v) is 12.4. The van der Waals surface area contributed by atoms with E-state index in [9.17, 15) is 18.0 Å². The second-order valence-corrected chi connectivity index (χ2v) is 10.7. The number of carbonyl (C=O) groups excluding carboxylic acids is 2. The first-order chi connectivity index (χ1) is 14.3. The van der Waals surface area contributed by atoms with Crippen molar-refractivity contribution in [1.82, 2.24) is 15.2 Å². The number of likely N-dealkylation sites (N-methyl/N-ethyl adjacent to an activating group) is 1. The number of hydrogen-bond donors (Lipinski definition) is 2. The summed E-state index contributed by atoms with van der Waals surface area (Å²) in [6, 6.07) is 10.1. The number of thiophene rings is 1. The number of nitrogens with one attached hydrogen (secondary N) is 2. The van der Waals surface area contributed by atoms with Gasteiger partial charge in [0.05, 0.1) is 16.4 Å². The number of H-pyrrole nitrogens is 1. The maximum Gasteiger partial charge on any atom is 0.262 e. The lowest BCUT2D eigenvalue weighted by Gasteiger charge is -2.28. The SMILES string of the molecule is CN(C(=O)C(Cc1c[nH]c2ccccc12)NC(=O)c1cccs1)C1CCS(=O)(=O)C1. The molecule has 30 heavy (non-hydrogen) atoms. The molecule has 1 aliphatic heterocycles. The summed E-state index contributed by atoms with van der Waals surface area (Å²) >= 11 is 1.31. The van der Waals surface area contributed by atoms with Crippen LogP contribution < -0.4 is 5.32 Å². The monoisotopic (exact) mass is 445 g/mol. The molecular formula is C21H23N3O4S2. The van der Waals surface area contributed by atoms with Crippen LogP contribution in [0, 0.1) is 0 Å². The van der Waals surface area contributed by atoms with Gasteiger partial charge in [0, 0.05) is 36.6 Å². The van der Waals surface area contributed by atoms with Crippen molar-refractivity contribution in [2.45, 2.75) is 24.9 Å². The molecule has 158 valence electrons. The van der Waals surface area contributed by atoms with Crippen molar-refractivity contribution < 1.29 is 18.0 Å². The molecule has 1 saturated heterocycles. The third-order valence-corrected chi connectivity index (χ3v) is 8.17. The third kappa shape index (κ3) is 4.27. The Bertz CT molecular complexity index is 1170. The average molecular weight is 446 g/mol. The van der Waals surface area contributed by atoms with Gasteiger partial charge in [0.15, 0.2) is 9.84 Å². The molecule has 2 unspecified atom stereocenters. The van der Waals surface area contributed by atoms with Gasteiger partial charge in [0.2, 0.25) is 5.91 Å². The number of nitrogens with zero attached hydrogens (tertiary/aromatic N) is 1. The van der Waals surface area contributed by atoms with Crippen LogP contribution in [0.2, 0.25) is 0 Å². The van der Waals surface area contributed by atoms with E-state index in [1.54, 1.807) is 24.6 Å². The molecule has 4 rings (SSSR count). The maximum absolute atomic E-state index is 13.3. The summed E-state index contributed by atoms with van der Waals surface area (Å²) in [6.07, 6.45) is 2.58. The highest BCUT2D eigenvalue weighted by atomic mass is 32.2. The van der Waals surface area contributed by atoms with Crippen LogP contribution in [0.15, 0.2) is 48.0 Å². The van der Waals surface area contributed by atoms with Crippen molar-refractivity contribution in [1.29, 1.82) is 0 Å². The standard InChI is InChI=1S/C21H23N3O4S2/c1-24(15-8-10-30(27,28)13-15)21(26)18(23-20(25)19-7-4-9-29-19)11-14-12-22-17-6-3-2-5-16(14)17/h2-7,9,12,15,18,22H,8,10-11,13H2,1H3,(H,23,25). The zero-order valence-corrected chi connectivity index (χ0v) is 18.1. The van der Waals surface area contributed by atoms with E-state index in [0.29, 0.717) is 17.7 Å². The smallest absolute Gasteiger partial charge is 0.262 e. The lowest BCUT2D eigenvalue weighted by atomic mass is 10.0. The summed E-state index contributed by atoms with van der Waals surface area (Å²) in [5.74, 6) is -0.541. The Morgan fingerprint density at radius 3 is 2.77 bits per heavy atom. The van der Waals surface area contributed by atoms with Gasteiger partial charge in [0.25, 0.3) is 5.91 Å². The normalized spacial score (nSPS) is 18.9. The van der Waals surface area contributed by atoms with Crippen molar-refractivity contribution in [3.05, 3.63) is 58.4 Å². The molecule has 9 heteroatoms. The van der Waals surface area contributed by atoms with Gasteiger partial charge in [0.1, 0.15) is 6.04 Å². The number of hydrogen-bond acceptors (Lipinski definition) is 5. The van der Waals surface area contributed by atoms with Crippen LogP contribution in [0.25, 0.3) is 10.9 Å². The van der Waals surface area contributed by atoms with Crippen molar-refractivity contribution >= 4 is 43.9 Å². The van der Waals surface area contributed by atoms with E-state index in [1.165, 1.54) is 16.2 Å². The topological polar surface area (TPSA) is 99.3 Å². The fraction of sp³-hybridized carbons (Fsp3) is 0.333. The zero-order valence-electron chi connectivity index (χ0n) is 16.5. The van der Waals surface area contributed by atoms with Gasteiger partial charge >= 0.3 is 0 Å². The molecule has 2 N–H and O–H groups in total. The second kappa shape index (κ2) is 8.23. The fourth-order valence-corrected chi connectivity index (χ4v) is 6.27.